The highest BCUT2D eigenvalue weighted by atomic mass is 32.2. The van der Waals surface area contributed by atoms with Crippen molar-refractivity contribution in [2.75, 3.05) is 29.9 Å². The number of esters is 1. The number of aryl methyl sites for hydroxylation is 1. The van der Waals surface area contributed by atoms with E-state index in [0.717, 1.165) is 0 Å². The zero-order valence-electron chi connectivity index (χ0n) is 19.4. The Morgan fingerprint density at radius 1 is 1.00 bits per heavy atom. The van der Waals surface area contributed by atoms with Crippen molar-refractivity contribution in [3.8, 4) is 11.5 Å². The summed E-state index contributed by atoms with van der Waals surface area (Å²) in [5.74, 6) is -0.0616. The lowest BCUT2D eigenvalue weighted by Crippen LogP contribution is -2.17. The Balaban J connectivity index is 1.45. The number of hydrogen-bond donors (Lipinski definition) is 3. The van der Waals surface area contributed by atoms with Crippen LogP contribution in [0.25, 0.3) is 0 Å². The van der Waals surface area contributed by atoms with Gasteiger partial charge in [0.15, 0.2) is 11.5 Å². The maximum absolute atomic E-state index is 12.8. The van der Waals surface area contributed by atoms with E-state index in [0.29, 0.717) is 52.9 Å². The van der Waals surface area contributed by atoms with Gasteiger partial charge in [0, 0.05) is 23.1 Å². The zero-order valence-corrected chi connectivity index (χ0v) is 20.2. The maximum Gasteiger partial charge on any atom is 0.340 e. The molecule has 3 N–H and O–H groups in total. The molecular formula is C24H25N3O7S. The van der Waals surface area contributed by atoms with Crippen LogP contribution in [0.2, 0.25) is 0 Å². The summed E-state index contributed by atoms with van der Waals surface area (Å²) in [6, 6.07) is 10.6. The standard InChI is InChI=1S/C24H25N3O7S/c1-4-32-24(29)21-14(2)22(25-15(21)3)23(28)26-16-5-7-17(8-6-16)27-35(30,31)18-9-10-19-20(13-18)34-12-11-33-19/h5-10,13,25,27H,4,11-12H2,1-3H3,(H,26,28). The molecule has 1 aromatic heterocycles. The van der Waals surface area contributed by atoms with Crippen molar-refractivity contribution < 1.29 is 32.2 Å². The molecule has 4 rings (SSSR count). The van der Waals surface area contributed by atoms with Crippen LogP contribution in [0.15, 0.2) is 47.4 Å². The maximum atomic E-state index is 12.8. The lowest BCUT2D eigenvalue weighted by Gasteiger charge is -2.19. The minimum absolute atomic E-state index is 0.0362. The van der Waals surface area contributed by atoms with Gasteiger partial charge in [0.05, 0.1) is 17.1 Å². The van der Waals surface area contributed by atoms with Crippen LogP contribution in [0.4, 0.5) is 11.4 Å². The van der Waals surface area contributed by atoms with Gasteiger partial charge >= 0.3 is 5.97 Å². The number of ether oxygens (including phenoxy) is 3. The molecule has 0 saturated carbocycles. The first-order chi connectivity index (χ1) is 16.7. The number of carbonyl (C=O) groups is 2. The third kappa shape index (κ3) is 5.09. The van der Waals surface area contributed by atoms with E-state index in [-0.39, 0.29) is 17.2 Å². The van der Waals surface area contributed by atoms with Crippen molar-refractivity contribution in [2.24, 2.45) is 0 Å². The quantitative estimate of drug-likeness (QED) is 0.422. The summed E-state index contributed by atoms with van der Waals surface area (Å²) in [5.41, 5.74) is 2.36. The SMILES string of the molecule is CCOC(=O)c1c(C)[nH]c(C(=O)Nc2ccc(NS(=O)(=O)c3ccc4c(c3)OCCO4)cc2)c1C. The Morgan fingerprint density at radius 2 is 1.66 bits per heavy atom. The van der Waals surface area contributed by atoms with E-state index < -0.39 is 21.9 Å². The van der Waals surface area contributed by atoms with E-state index in [4.69, 9.17) is 14.2 Å². The molecule has 0 unspecified atom stereocenters. The number of benzene rings is 2. The third-order valence-electron chi connectivity index (χ3n) is 5.36. The fourth-order valence-corrected chi connectivity index (χ4v) is 4.78. The first-order valence-corrected chi connectivity index (χ1v) is 12.4. The average molecular weight is 500 g/mol. The minimum Gasteiger partial charge on any atom is -0.486 e. The number of H-pyrrole nitrogens is 1. The molecule has 0 bridgehead atoms. The highest BCUT2D eigenvalue weighted by molar-refractivity contribution is 7.92. The topological polar surface area (TPSA) is 136 Å². The molecule has 35 heavy (non-hydrogen) atoms. The van der Waals surface area contributed by atoms with Crippen LogP contribution in [-0.2, 0) is 14.8 Å². The number of amides is 1. The van der Waals surface area contributed by atoms with Gasteiger partial charge in [-0.15, -0.1) is 0 Å². The Morgan fingerprint density at radius 3 is 2.34 bits per heavy atom. The molecule has 11 heteroatoms. The zero-order chi connectivity index (χ0) is 25.2. The number of rotatable bonds is 7. The van der Waals surface area contributed by atoms with Crippen LogP contribution in [-0.4, -0.2) is 45.1 Å². The molecule has 0 aliphatic carbocycles. The van der Waals surface area contributed by atoms with E-state index in [2.05, 4.69) is 15.0 Å². The largest absolute Gasteiger partial charge is 0.486 e. The molecule has 10 nitrogen and oxygen atoms in total. The van der Waals surface area contributed by atoms with Gasteiger partial charge in [-0.1, -0.05) is 0 Å². The molecule has 1 amide bonds. The van der Waals surface area contributed by atoms with Gasteiger partial charge < -0.3 is 24.5 Å². The number of hydrogen-bond acceptors (Lipinski definition) is 7. The molecule has 0 atom stereocenters. The van der Waals surface area contributed by atoms with Crippen molar-refractivity contribution in [1.82, 2.24) is 4.98 Å². The highest BCUT2D eigenvalue weighted by Gasteiger charge is 2.23. The Labute approximate surface area is 202 Å². The van der Waals surface area contributed by atoms with Crippen LogP contribution in [0.5, 0.6) is 11.5 Å². The number of sulfonamides is 1. The van der Waals surface area contributed by atoms with Crippen molar-refractivity contribution in [3.05, 3.63) is 65.0 Å². The molecule has 1 aliphatic heterocycles. The van der Waals surface area contributed by atoms with Crippen LogP contribution >= 0.6 is 0 Å². The number of aromatic nitrogens is 1. The van der Waals surface area contributed by atoms with Gasteiger partial charge in [-0.05, 0) is 62.7 Å². The number of fused-ring (bicyclic) bond motifs is 1. The predicted molar refractivity (Wildman–Crippen MR) is 129 cm³/mol. The Kier molecular flexibility index (Phi) is 6.70. The monoisotopic (exact) mass is 499 g/mol. The fourth-order valence-electron chi connectivity index (χ4n) is 3.71. The summed E-state index contributed by atoms with van der Waals surface area (Å²) in [7, 11) is -3.87. The fraction of sp³-hybridized carbons (Fsp3) is 0.250. The van der Waals surface area contributed by atoms with E-state index in [1.807, 2.05) is 0 Å². The summed E-state index contributed by atoms with van der Waals surface area (Å²) in [6.45, 7) is 6.07. The Hall–Kier alpha value is -3.99. The number of nitrogens with one attached hydrogen (secondary N) is 3. The van der Waals surface area contributed by atoms with Crippen molar-refractivity contribution in [2.45, 2.75) is 25.7 Å². The van der Waals surface area contributed by atoms with Crippen molar-refractivity contribution in [3.63, 3.8) is 0 Å². The van der Waals surface area contributed by atoms with Crippen molar-refractivity contribution in [1.29, 1.82) is 0 Å². The van der Waals surface area contributed by atoms with Gasteiger partial charge in [0.1, 0.15) is 18.9 Å². The van der Waals surface area contributed by atoms with Crippen LogP contribution in [0.1, 0.15) is 39.0 Å². The number of carbonyl (C=O) groups excluding carboxylic acids is 2. The molecule has 0 fully saturated rings. The second kappa shape index (κ2) is 9.71. The molecule has 1 aliphatic rings. The molecule has 0 spiro atoms. The van der Waals surface area contributed by atoms with E-state index in [1.54, 1.807) is 39.0 Å². The summed E-state index contributed by atoms with van der Waals surface area (Å²) in [5, 5.41) is 2.74. The van der Waals surface area contributed by atoms with Crippen molar-refractivity contribution >= 4 is 33.3 Å². The number of anilines is 2. The average Bonchev–Trinajstić information content (AvgIpc) is 3.14. The molecule has 2 aromatic carbocycles. The summed E-state index contributed by atoms with van der Waals surface area (Å²) >= 11 is 0. The molecule has 3 aromatic rings. The minimum atomic E-state index is -3.87. The summed E-state index contributed by atoms with van der Waals surface area (Å²) in [4.78, 5) is 27.9. The van der Waals surface area contributed by atoms with Crippen LogP contribution in [0.3, 0.4) is 0 Å². The molecule has 0 saturated heterocycles. The van der Waals surface area contributed by atoms with E-state index >= 15 is 0 Å². The normalized spacial score (nSPS) is 12.7. The third-order valence-corrected chi connectivity index (χ3v) is 6.74. The first kappa shape index (κ1) is 24.1. The van der Waals surface area contributed by atoms with Gasteiger partial charge in [-0.2, -0.15) is 0 Å². The molecule has 0 radical (unpaired) electrons. The lowest BCUT2D eigenvalue weighted by molar-refractivity contribution is 0.0525. The lowest BCUT2D eigenvalue weighted by atomic mass is 10.1. The van der Waals surface area contributed by atoms with Crippen LogP contribution in [0, 0.1) is 13.8 Å². The van der Waals surface area contributed by atoms with E-state index in [1.165, 1.54) is 24.3 Å². The van der Waals surface area contributed by atoms with Gasteiger partial charge in [-0.3, -0.25) is 9.52 Å². The summed E-state index contributed by atoms with van der Waals surface area (Å²) < 4.78 is 44.0. The highest BCUT2D eigenvalue weighted by Crippen LogP contribution is 2.33. The molecule has 2 heterocycles. The Bertz CT molecular complexity index is 1380. The number of aromatic amines is 1. The second-order valence-corrected chi connectivity index (χ2v) is 9.47. The first-order valence-electron chi connectivity index (χ1n) is 10.9. The van der Waals surface area contributed by atoms with Gasteiger partial charge in [0.25, 0.3) is 15.9 Å². The smallest absolute Gasteiger partial charge is 0.340 e. The van der Waals surface area contributed by atoms with Gasteiger partial charge in [0.2, 0.25) is 0 Å². The molecule has 184 valence electrons. The van der Waals surface area contributed by atoms with Crippen LogP contribution < -0.4 is 19.5 Å². The summed E-state index contributed by atoms with van der Waals surface area (Å²) in [6.07, 6.45) is 0. The molecular weight excluding hydrogens is 474 g/mol. The second-order valence-electron chi connectivity index (χ2n) is 7.79. The van der Waals surface area contributed by atoms with E-state index in [9.17, 15) is 18.0 Å². The predicted octanol–water partition coefficient (Wildman–Crippen LogP) is 3.63. The van der Waals surface area contributed by atoms with Gasteiger partial charge in [-0.25, -0.2) is 13.2 Å².